The number of rotatable bonds is 5. The van der Waals surface area contributed by atoms with E-state index in [1.165, 1.54) is 11.8 Å². The lowest BCUT2D eigenvalue weighted by Crippen LogP contribution is -2.55. The molecule has 0 radical (unpaired) electrons. The summed E-state index contributed by atoms with van der Waals surface area (Å²) in [6.45, 7) is 0.995. The second-order valence-electron chi connectivity index (χ2n) is 6.12. The normalized spacial score (nSPS) is 16.8. The van der Waals surface area contributed by atoms with Crippen LogP contribution in [0.25, 0.3) is 0 Å². The summed E-state index contributed by atoms with van der Waals surface area (Å²) in [4.78, 5) is 21.3. The van der Waals surface area contributed by atoms with Gasteiger partial charge in [0.15, 0.2) is 14.6 Å². The number of hydrogen-bond acceptors (Lipinski definition) is 7. The van der Waals surface area contributed by atoms with E-state index < -0.39 is 20.5 Å². The summed E-state index contributed by atoms with van der Waals surface area (Å²) in [6.07, 6.45) is 4.93. The van der Waals surface area contributed by atoms with E-state index in [0.29, 0.717) is 23.8 Å². The quantitative estimate of drug-likeness (QED) is 0.799. The standard InChI is InChI=1S/C17H20N4O3S2/c1-26(23,24)17(6-10-18-11-7-17)16(22)21-13-5-9-20-15(12-13)25-14-4-2-3-8-19-14/h2-5,8-9,12,18H,6-7,10-11H2,1H3,(H,20,21,22). The SMILES string of the molecule is CS(=O)(=O)C1(C(=O)Nc2ccnc(Sc3ccccn3)c2)CCNCC1. The molecule has 3 heterocycles. The topological polar surface area (TPSA) is 101 Å². The molecule has 0 aromatic carbocycles. The Morgan fingerprint density at radius 2 is 1.88 bits per heavy atom. The zero-order valence-corrected chi connectivity index (χ0v) is 15.9. The number of nitrogens with one attached hydrogen (secondary N) is 2. The summed E-state index contributed by atoms with van der Waals surface area (Å²) in [5.74, 6) is -0.485. The van der Waals surface area contributed by atoms with Gasteiger partial charge in [-0.25, -0.2) is 18.4 Å². The van der Waals surface area contributed by atoms with Gasteiger partial charge in [-0.2, -0.15) is 0 Å². The molecule has 0 unspecified atom stereocenters. The van der Waals surface area contributed by atoms with Crippen molar-refractivity contribution in [3.05, 3.63) is 42.7 Å². The van der Waals surface area contributed by atoms with Gasteiger partial charge in [-0.3, -0.25) is 4.79 Å². The van der Waals surface area contributed by atoms with Gasteiger partial charge in [0.1, 0.15) is 10.1 Å². The average Bonchev–Trinajstić information content (AvgIpc) is 2.62. The molecular formula is C17H20N4O3S2. The molecular weight excluding hydrogens is 372 g/mol. The molecule has 2 N–H and O–H groups in total. The fourth-order valence-corrected chi connectivity index (χ4v) is 5.01. The number of piperidine rings is 1. The minimum atomic E-state index is -3.55. The monoisotopic (exact) mass is 392 g/mol. The number of pyridine rings is 2. The molecule has 0 saturated carbocycles. The summed E-state index contributed by atoms with van der Waals surface area (Å²) in [6, 6.07) is 8.95. The number of hydrogen-bond donors (Lipinski definition) is 2. The van der Waals surface area contributed by atoms with E-state index in [9.17, 15) is 13.2 Å². The molecule has 0 aliphatic carbocycles. The van der Waals surface area contributed by atoms with Crippen LogP contribution in [0, 0.1) is 0 Å². The van der Waals surface area contributed by atoms with Crippen LogP contribution in [0.1, 0.15) is 12.8 Å². The molecule has 26 heavy (non-hydrogen) atoms. The van der Waals surface area contributed by atoms with Crippen molar-refractivity contribution in [1.82, 2.24) is 15.3 Å². The van der Waals surface area contributed by atoms with Crippen molar-refractivity contribution in [3.63, 3.8) is 0 Å². The first kappa shape index (κ1) is 18.8. The van der Waals surface area contributed by atoms with Gasteiger partial charge in [-0.05, 0) is 50.2 Å². The highest BCUT2D eigenvalue weighted by Gasteiger charge is 2.48. The van der Waals surface area contributed by atoms with Gasteiger partial charge in [0.2, 0.25) is 5.91 Å². The molecule has 2 aromatic rings. The summed E-state index contributed by atoms with van der Waals surface area (Å²) in [5.41, 5.74) is 0.519. The molecule has 3 rings (SSSR count). The summed E-state index contributed by atoms with van der Waals surface area (Å²) in [5, 5.41) is 7.32. The zero-order valence-electron chi connectivity index (χ0n) is 14.3. The van der Waals surface area contributed by atoms with Crippen LogP contribution >= 0.6 is 11.8 Å². The van der Waals surface area contributed by atoms with Crippen molar-refractivity contribution in [2.45, 2.75) is 27.6 Å². The van der Waals surface area contributed by atoms with Gasteiger partial charge in [0, 0.05) is 24.3 Å². The molecule has 9 heteroatoms. The Labute approximate surface area is 156 Å². The van der Waals surface area contributed by atoms with Crippen LogP contribution in [0.2, 0.25) is 0 Å². The summed E-state index contributed by atoms with van der Waals surface area (Å²) in [7, 11) is -3.55. The largest absolute Gasteiger partial charge is 0.325 e. The molecule has 0 spiro atoms. The Morgan fingerprint density at radius 3 is 2.54 bits per heavy atom. The van der Waals surface area contributed by atoms with Gasteiger partial charge in [-0.15, -0.1) is 0 Å². The zero-order chi connectivity index (χ0) is 18.6. The van der Waals surface area contributed by atoms with E-state index in [2.05, 4.69) is 20.6 Å². The van der Waals surface area contributed by atoms with E-state index in [1.54, 1.807) is 24.5 Å². The van der Waals surface area contributed by atoms with Gasteiger partial charge < -0.3 is 10.6 Å². The summed E-state index contributed by atoms with van der Waals surface area (Å²) >= 11 is 1.37. The van der Waals surface area contributed by atoms with Gasteiger partial charge in [-0.1, -0.05) is 17.8 Å². The highest BCUT2D eigenvalue weighted by atomic mass is 32.2. The van der Waals surface area contributed by atoms with E-state index >= 15 is 0 Å². The number of anilines is 1. The lowest BCUT2D eigenvalue weighted by atomic mass is 9.96. The molecule has 1 aliphatic heterocycles. The van der Waals surface area contributed by atoms with Crippen LogP contribution in [-0.4, -0.2) is 48.4 Å². The van der Waals surface area contributed by atoms with Crippen LogP contribution in [-0.2, 0) is 14.6 Å². The fourth-order valence-electron chi connectivity index (χ4n) is 2.90. The van der Waals surface area contributed by atoms with Gasteiger partial charge in [0.05, 0.1) is 0 Å². The highest BCUT2D eigenvalue weighted by molar-refractivity contribution is 7.99. The Hall–Kier alpha value is -1.97. The molecule has 1 fully saturated rings. The lowest BCUT2D eigenvalue weighted by molar-refractivity contribution is -0.119. The first-order valence-corrected chi connectivity index (χ1v) is 10.9. The molecule has 1 aliphatic rings. The van der Waals surface area contributed by atoms with E-state index in [1.807, 2.05) is 18.2 Å². The van der Waals surface area contributed by atoms with E-state index in [4.69, 9.17) is 0 Å². The number of carbonyl (C=O) groups is 1. The van der Waals surface area contributed by atoms with E-state index in [0.717, 1.165) is 11.3 Å². The first-order chi connectivity index (χ1) is 12.4. The molecule has 1 amide bonds. The second-order valence-corrected chi connectivity index (χ2v) is 9.49. The number of carbonyl (C=O) groups excluding carboxylic acids is 1. The second kappa shape index (κ2) is 7.73. The van der Waals surface area contributed by atoms with Crippen LogP contribution in [0.3, 0.4) is 0 Å². The van der Waals surface area contributed by atoms with Crippen molar-refractivity contribution in [1.29, 1.82) is 0 Å². The smallest absolute Gasteiger partial charge is 0.245 e. The Morgan fingerprint density at radius 1 is 1.15 bits per heavy atom. The van der Waals surface area contributed by atoms with Crippen molar-refractivity contribution in [2.75, 3.05) is 24.7 Å². The van der Waals surface area contributed by atoms with Crippen molar-refractivity contribution < 1.29 is 13.2 Å². The van der Waals surface area contributed by atoms with Crippen molar-refractivity contribution >= 4 is 33.2 Å². The fraction of sp³-hybridized carbons (Fsp3) is 0.353. The summed E-state index contributed by atoms with van der Waals surface area (Å²) < 4.78 is 23.3. The van der Waals surface area contributed by atoms with Crippen molar-refractivity contribution in [3.8, 4) is 0 Å². The van der Waals surface area contributed by atoms with Crippen LogP contribution in [0.5, 0.6) is 0 Å². The third-order valence-corrected chi connectivity index (χ3v) is 7.27. The minimum absolute atomic E-state index is 0.262. The number of aromatic nitrogens is 2. The first-order valence-electron chi connectivity index (χ1n) is 8.17. The molecule has 1 saturated heterocycles. The molecule has 7 nitrogen and oxygen atoms in total. The predicted molar refractivity (Wildman–Crippen MR) is 101 cm³/mol. The number of nitrogens with zero attached hydrogens (tertiary/aromatic N) is 2. The van der Waals surface area contributed by atoms with Gasteiger partial charge >= 0.3 is 0 Å². The van der Waals surface area contributed by atoms with Crippen LogP contribution in [0.4, 0.5) is 5.69 Å². The Kier molecular flexibility index (Phi) is 5.59. The predicted octanol–water partition coefficient (Wildman–Crippen LogP) is 1.73. The van der Waals surface area contributed by atoms with E-state index in [-0.39, 0.29) is 12.8 Å². The maximum atomic E-state index is 12.8. The third kappa shape index (κ3) is 4.05. The highest BCUT2D eigenvalue weighted by Crippen LogP contribution is 2.30. The number of sulfone groups is 1. The lowest BCUT2D eigenvalue weighted by Gasteiger charge is -2.34. The molecule has 0 atom stereocenters. The Bertz CT molecular complexity index is 882. The third-order valence-electron chi connectivity index (χ3n) is 4.37. The molecule has 138 valence electrons. The Balaban J connectivity index is 1.79. The molecule has 0 bridgehead atoms. The van der Waals surface area contributed by atoms with Crippen LogP contribution < -0.4 is 10.6 Å². The van der Waals surface area contributed by atoms with Crippen LogP contribution in [0.15, 0.2) is 52.8 Å². The maximum Gasteiger partial charge on any atom is 0.245 e. The number of amides is 1. The van der Waals surface area contributed by atoms with Crippen molar-refractivity contribution in [2.24, 2.45) is 0 Å². The minimum Gasteiger partial charge on any atom is -0.325 e. The molecule has 2 aromatic heterocycles. The van der Waals surface area contributed by atoms with Gasteiger partial charge in [0.25, 0.3) is 0 Å². The maximum absolute atomic E-state index is 12.8. The average molecular weight is 393 g/mol.